The van der Waals surface area contributed by atoms with Crippen molar-refractivity contribution >= 4 is 28.9 Å². The average Bonchev–Trinajstić information content (AvgIpc) is 2.85. The van der Waals surface area contributed by atoms with Crippen LogP contribution in [0.1, 0.15) is 18.9 Å². The quantitative estimate of drug-likeness (QED) is 0.112. The van der Waals surface area contributed by atoms with Gasteiger partial charge in [-0.15, -0.1) is 0 Å². The van der Waals surface area contributed by atoms with Crippen molar-refractivity contribution in [2.24, 2.45) is 16.8 Å². The molecule has 1 amide bonds. The van der Waals surface area contributed by atoms with Crippen LogP contribution in [0.15, 0.2) is 53.8 Å². The summed E-state index contributed by atoms with van der Waals surface area (Å²) >= 11 is 0. The van der Waals surface area contributed by atoms with Crippen LogP contribution in [0.3, 0.4) is 0 Å². The zero-order chi connectivity index (χ0) is 27.1. The van der Waals surface area contributed by atoms with Crippen molar-refractivity contribution in [3.8, 4) is 16.9 Å². The van der Waals surface area contributed by atoms with Gasteiger partial charge in [-0.3, -0.25) is 9.80 Å². The molecule has 12 heteroatoms. The molecule has 37 heavy (non-hydrogen) atoms. The molecule has 1 heterocycles. The molecule has 0 saturated heterocycles. The molecule has 7 N–H and O–H groups in total. The van der Waals surface area contributed by atoms with E-state index in [0.717, 1.165) is 11.6 Å². The number of benzene rings is 2. The van der Waals surface area contributed by atoms with Crippen molar-refractivity contribution in [1.82, 2.24) is 9.88 Å². The van der Waals surface area contributed by atoms with Crippen molar-refractivity contribution in [2.45, 2.75) is 13.3 Å². The van der Waals surface area contributed by atoms with Crippen LogP contribution in [0, 0.1) is 11.6 Å². The first-order valence-electron chi connectivity index (χ1n) is 11.3. The van der Waals surface area contributed by atoms with Crippen molar-refractivity contribution in [3.63, 3.8) is 0 Å². The summed E-state index contributed by atoms with van der Waals surface area (Å²) in [4.78, 5) is 17.5. The van der Waals surface area contributed by atoms with Crippen molar-refractivity contribution in [2.75, 3.05) is 43.3 Å². The van der Waals surface area contributed by atoms with Gasteiger partial charge < -0.3 is 26.5 Å². The molecule has 0 fully saturated rings. The Hall–Kier alpha value is -4.29. The van der Waals surface area contributed by atoms with Crippen LogP contribution < -0.4 is 32.5 Å². The number of hydrazone groups is 1. The second-order valence-corrected chi connectivity index (χ2v) is 8.46. The number of carbonyl (C=O) groups is 1. The number of halogens is 2. The van der Waals surface area contributed by atoms with E-state index in [4.69, 9.17) is 22.2 Å². The standard InChI is InChI=1S/C25H30F2N8O2/c1-15(36)32-18-7-4-6-16(12-18)17-13-19(24(28)31-14-17)25(33-29)35(30)20-8-9-21(23(27)22(20)26)37-11-5-10-34(2)3/h4,6-9,12-14H,5,10-11,29-30H2,1-3H3,(H2,28,31)(H,32,36)/b33-25-. The van der Waals surface area contributed by atoms with E-state index in [1.165, 1.54) is 25.3 Å². The maximum absolute atomic E-state index is 15.0. The second-order valence-electron chi connectivity index (χ2n) is 8.46. The molecule has 0 bridgehead atoms. The van der Waals surface area contributed by atoms with Gasteiger partial charge in [0.1, 0.15) is 5.82 Å². The van der Waals surface area contributed by atoms with E-state index in [-0.39, 0.29) is 41.2 Å². The maximum atomic E-state index is 15.0. The van der Waals surface area contributed by atoms with Crippen LogP contribution in [0.4, 0.5) is 26.0 Å². The SMILES string of the molecule is CC(=O)Nc1cccc(-c2cnc(N)c(/C(=N/N)N(N)c3ccc(OCCCN(C)C)c(F)c3F)c2)c1. The molecule has 10 nitrogen and oxygen atoms in total. The molecule has 3 aromatic rings. The van der Waals surface area contributed by atoms with E-state index in [9.17, 15) is 13.6 Å². The zero-order valence-electron chi connectivity index (χ0n) is 20.8. The van der Waals surface area contributed by atoms with E-state index < -0.39 is 11.6 Å². The lowest BCUT2D eigenvalue weighted by Gasteiger charge is -2.22. The Morgan fingerprint density at radius 1 is 1.14 bits per heavy atom. The Morgan fingerprint density at radius 2 is 1.89 bits per heavy atom. The lowest BCUT2D eigenvalue weighted by Crippen LogP contribution is -2.40. The van der Waals surface area contributed by atoms with Gasteiger partial charge in [0.15, 0.2) is 17.4 Å². The Morgan fingerprint density at radius 3 is 2.57 bits per heavy atom. The number of carbonyl (C=O) groups excluding carboxylic acids is 1. The molecule has 0 aliphatic carbocycles. The number of amides is 1. The molecule has 0 aliphatic rings. The van der Waals surface area contributed by atoms with Gasteiger partial charge in [0.2, 0.25) is 11.7 Å². The predicted octanol–water partition coefficient (Wildman–Crippen LogP) is 2.90. The lowest BCUT2D eigenvalue weighted by molar-refractivity contribution is -0.114. The fourth-order valence-electron chi connectivity index (χ4n) is 3.55. The molecule has 0 unspecified atom stereocenters. The van der Waals surface area contributed by atoms with Gasteiger partial charge in [-0.25, -0.2) is 15.2 Å². The Bertz CT molecular complexity index is 1300. The average molecular weight is 513 g/mol. The number of aromatic nitrogens is 1. The first kappa shape index (κ1) is 27.3. The topological polar surface area (TPSA) is 148 Å². The van der Waals surface area contributed by atoms with Crippen LogP contribution >= 0.6 is 0 Å². The highest BCUT2D eigenvalue weighted by Crippen LogP contribution is 2.30. The number of ether oxygens (including phenoxy) is 1. The number of amidine groups is 1. The minimum atomic E-state index is -1.24. The molecule has 0 aliphatic heterocycles. The fourth-order valence-corrected chi connectivity index (χ4v) is 3.55. The normalized spacial score (nSPS) is 11.5. The van der Waals surface area contributed by atoms with E-state index in [0.29, 0.717) is 23.2 Å². The number of rotatable bonds is 9. The van der Waals surface area contributed by atoms with E-state index in [1.54, 1.807) is 30.3 Å². The van der Waals surface area contributed by atoms with Crippen molar-refractivity contribution < 1.29 is 18.3 Å². The first-order chi connectivity index (χ1) is 17.6. The summed E-state index contributed by atoms with van der Waals surface area (Å²) in [6, 6.07) is 11.2. The predicted molar refractivity (Wildman–Crippen MR) is 141 cm³/mol. The minimum Gasteiger partial charge on any atom is -0.490 e. The first-order valence-corrected chi connectivity index (χ1v) is 11.3. The highest BCUT2D eigenvalue weighted by atomic mass is 19.2. The van der Waals surface area contributed by atoms with Gasteiger partial charge in [-0.1, -0.05) is 12.1 Å². The van der Waals surface area contributed by atoms with Crippen molar-refractivity contribution in [1.29, 1.82) is 0 Å². The van der Waals surface area contributed by atoms with Gasteiger partial charge >= 0.3 is 0 Å². The molecule has 2 aromatic carbocycles. The van der Waals surface area contributed by atoms with Gasteiger partial charge in [0, 0.05) is 30.9 Å². The van der Waals surface area contributed by atoms with Crippen LogP contribution in [0.25, 0.3) is 11.1 Å². The number of nitrogens with one attached hydrogen (secondary N) is 1. The summed E-state index contributed by atoms with van der Waals surface area (Å²) in [5, 5.41) is 7.17. The molecule has 0 spiro atoms. The molecule has 3 rings (SSSR count). The third-order valence-corrected chi connectivity index (χ3v) is 5.32. The van der Waals surface area contributed by atoms with E-state index >= 15 is 0 Å². The fraction of sp³-hybridized carbons (Fsp3) is 0.240. The van der Waals surface area contributed by atoms with E-state index in [2.05, 4.69) is 15.4 Å². The summed E-state index contributed by atoms with van der Waals surface area (Å²) in [5.74, 6) is 8.71. The van der Waals surface area contributed by atoms with E-state index in [1.807, 2.05) is 19.0 Å². The monoisotopic (exact) mass is 512 g/mol. The summed E-state index contributed by atoms with van der Waals surface area (Å²) in [7, 11) is 3.81. The second kappa shape index (κ2) is 12.1. The zero-order valence-corrected chi connectivity index (χ0v) is 20.8. The van der Waals surface area contributed by atoms with Gasteiger partial charge in [-0.2, -0.15) is 9.49 Å². The number of nitrogens with two attached hydrogens (primary N) is 3. The van der Waals surface area contributed by atoms with Gasteiger partial charge in [-0.05, 0) is 56.4 Å². The summed E-state index contributed by atoms with van der Waals surface area (Å²) in [5.41, 5.74) is 7.80. The number of nitrogen functional groups attached to an aromatic ring is 1. The third-order valence-electron chi connectivity index (χ3n) is 5.32. The number of nitrogens with zero attached hydrogens (tertiary/aromatic N) is 4. The Balaban J connectivity index is 1.90. The Kier molecular flexibility index (Phi) is 8.93. The van der Waals surface area contributed by atoms with Crippen LogP contribution in [-0.2, 0) is 4.79 Å². The number of anilines is 3. The van der Waals surface area contributed by atoms with Crippen LogP contribution in [0.5, 0.6) is 5.75 Å². The molecule has 0 radical (unpaired) electrons. The lowest BCUT2D eigenvalue weighted by atomic mass is 10.0. The van der Waals surface area contributed by atoms with Crippen LogP contribution in [0.2, 0.25) is 0 Å². The molecule has 0 atom stereocenters. The molecule has 0 saturated carbocycles. The summed E-state index contributed by atoms with van der Waals surface area (Å²) in [6.45, 7) is 2.36. The molecule has 1 aromatic heterocycles. The number of hydrogen-bond donors (Lipinski definition) is 4. The number of hydrogen-bond acceptors (Lipinski definition) is 8. The minimum absolute atomic E-state index is 0.0168. The van der Waals surface area contributed by atoms with Gasteiger partial charge in [0.25, 0.3) is 0 Å². The molecular formula is C25H30F2N8O2. The molecule has 196 valence electrons. The largest absolute Gasteiger partial charge is 0.490 e. The smallest absolute Gasteiger partial charge is 0.221 e. The highest BCUT2D eigenvalue weighted by molar-refractivity contribution is 6.12. The van der Waals surface area contributed by atoms with Crippen LogP contribution in [-0.4, -0.2) is 48.9 Å². The number of pyridine rings is 1. The summed E-state index contributed by atoms with van der Waals surface area (Å²) in [6.07, 6.45) is 2.16. The molecular weight excluding hydrogens is 482 g/mol. The number of hydrazine groups is 1. The van der Waals surface area contributed by atoms with Gasteiger partial charge in [0.05, 0.1) is 17.9 Å². The Labute approximate surface area is 213 Å². The van der Waals surface area contributed by atoms with Crippen molar-refractivity contribution in [3.05, 3.63) is 65.9 Å². The maximum Gasteiger partial charge on any atom is 0.221 e. The highest BCUT2D eigenvalue weighted by Gasteiger charge is 2.23. The summed E-state index contributed by atoms with van der Waals surface area (Å²) < 4.78 is 35.1. The third kappa shape index (κ3) is 6.68.